The van der Waals surface area contributed by atoms with Gasteiger partial charge in [-0.3, -0.25) is 14.4 Å². The molecule has 0 spiro atoms. The Bertz CT molecular complexity index is 859. The Kier molecular flexibility index (Phi) is 3.33. The molecule has 22 heavy (non-hydrogen) atoms. The van der Waals surface area contributed by atoms with Crippen molar-refractivity contribution in [3.63, 3.8) is 0 Å². The highest BCUT2D eigenvalue weighted by Gasteiger charge is 2.34. The van der Waals surface area contributed by atoms with Crippen molar-refractivity contribution in [2.75, 3.05) is 12.8 Å². The van der Waals surface area contributed by atoms with Gasteiger partial charge in [-0.05, 0) is 22.0 Å². The van der Waals surface area contributed by atoms with E-state index in [0.29, 0.717) is 15.6 Å². The molecular formula is C16H11BrN2O3. The lowest BCUT2D eigenvalue weighted by Crippen LogP contribution is -2.26. The first kappa shape index (κ1) is 14.5. The minimum atomic E-state index is -0.417. The molecule has 0 atom stereocenters. The van der Waals surface area contributed by atoms with E-state index in [-0.39, 0.29) is 33.9 Å². The summed E-state index contributed by atoms with van der Waals surface area (Å²) in [5.41, 5.74) is 7.11. The number of nitrogen functional groups attached to an aromatic ring is 1. The Hall–Kier alpha value is -2.47. The summed E-state index contributed by atoms with van der Waals surface area (Å²) in [5, 5.41) is 2.47. The van der Waals surface area contributed by atoms with Crippen LogP contribution >= 0.6 is 15.9 Å². The highest BCUT2D eigenvalue weighted by atomic mass is 79.9. The molecule has 3 N–H and O–H groups in total. The monoisotopic (exact) mass is 358 g/mol. The average Bonchev–Trinajstić information content (AvgIpc) is 2.53. The lowest BCUT2D eigenvalue weighted by atomic mass is 9.82. The fourth-order valence-electron chi connectivity index (χ4n) is 2.59. The van der Waals surface area contributed by atoms with Gasteiger partial charge in [0.05, 0.1) is 22.4 Å². The van der Waals surface area contributed by atoms with Gasteiger partial charge in [0.1, 0.15) is 0 Å². The van der Waals surface area contributed by atoms with E-state index in [4.69, 9.17) is 5.73 Å². The number of rotatable bonds is 1. The molecular weight excluding hydrogens is 348 g/mol. The van der Waals surface area contributed by atoms with Gasteiger partial charge in [-0.1, -0.05) is 24.3 Å². The third-order valence-electron chi connectivity index (χ3n) is 3.66. The van der Waals surface area contributed by atoms with Gasteiger partial charge in [0.15, 0.2) is 11.6 Å². The number of carbonyl (C=O) groups is 3. The molecule has 0 fully saturated rings. The number of halogens is 1. The van der Waals surface area contributed by atoms with Crippen LogP contribution in [0.3, 0.4) is 0 Å². The number of anilines is 1. The molecule has 3 rings (SSSR count). The molecule has 0 heterocycles. The molecule has 110 valence electrons. The molecule has 2 aromatic rings. The molecule has 0 saturated carbocycles. The summed E-state index contributed by atoms with van der Waals surface area (Å²) in [6.07, 6.45) is 0. The van der Waals surface area contributed by atoms with Gasteiger partial charge in [-0.15, -0.1) is 0 Å². The quantitative estimate of drug-likeness (QED) is 0.652. The van der Waals surface area contributed by atoms with Crippen LogP contribution in [0.25, 0.3) is 0 Å². The molecule has 0 aliphatic heterocycles. The maximum Gasteiger partial charge on any atom is 0.253 e. The van der Waals surface area contributed by atoms with Crippen LogP contribution in [0.2, 0.25) is 0 Å². The van der Waals surface area contributed by atoms with Crippen molar-refractivity contribution in [3.8, 4) is 0 Å². The Morgan fingerprint density at radius 3 is 2.18 bits per heavy atom. The summed E-state index contributed by atoms with van der Waals surface area (Å²) in [5.74, 6) is -1.05. The van der Waals surface area contributed by atoms with Gasteiger partial charge < -0.3 is 11.1 Å². The third-order valence-corrected chi connectivity index (χ3v) is 4.29. The molecule has 0 radical (unpaired) electrons. The van der Waals surface area contributed by atoms with Gasteiger partial charge in [0, 0.05) is 22.6 Å². The molecule has 2 aromatic carbocycles. The molecule has 0 saturated heterocycles. The van der Waals surface area contributed by atoms with Crippen molar-refractivity contribution in [2.24, 2.45) is 0 Å². The lowest BCUT2D eigenvalue weighted by molar-refractivity contribution is 0.0960. The van der Waals surface area contributed by atoms with Crippen LogP contribution in [0.1, 0.15) is 42.2 Å². The van der Waals surface area contributed by atoms with Gasteiger partial charge in [-0.25, -0.2) is 0 Å². The number of amides is 1. The van der Waals surface area contributed by atoms with Crippen molar-refractivity contribution in [1.82, 2.24) is 5.32 Å². The van der Waals surface area contributed by atoms with E-state index in [1.165, 1.54) is 13.1 Å². The highest BCUT2D eigenvalue weighted by molar-refractivity contribution is 9.10. The molecule has 6 heteroatoms. The maximum atomic E-state index is 12.7. The minimum absolute atomic E-state index is 0.0189. The van der Waals surface area contributed by atoms with Crippen molar-refractivity contribution in [3.05, 3.63) is 62.6 Å². The normalized spacial score (nSPS) is 12.6. The summed E-state index contributed by atoms with van der Waals surface area (Å²) < 4.78 is 0.378. The second-order valence-corrected chi connectivity index (χ2v) is 5.71. The summed E-state index contributed by atoms with van der Waals surface area (Å²) in [6.45, 7) is 0. The number of carbonyl (C=O) groups excluding carboxylic acids is 3. The largest absolute Gasteiger partial charge is 0.397 e. The number of hydrogen-bond acceptors (Lipinski definition) is 4. The molecule has 1 aliphatic rings. The smallest absolute Gasteiger partial charge is 0.253 e. The molecule has 0 bridgehead atoms. The molecule has 0 aromatic heterocycles. The van der Waals surface area contributed by atoms with Gasteiger partial charge in [-0.2, -0.15) is 0 Å². The predicted octanol–water partition coefficient (Wildman–Crippen LogP) is 2.17. The highest BCUT2D eigenvalue weighted by Crippen LogP contribution is 2.37. The number of nitrogens with one attached hydrogen (secondary N) is 1. The van der Waals surface area contributed by atoms with Crippen LogP contribution in [0.4, 0.5) is 5.69 Å². The van der Waals surface area contributed by atoms with Crippen LogP contribution < -0.4 is 11.1 Å². The van der Waals surface area contributed by atoms with Gasteiger partial charge in [0.2, 0.25) is 0 Å². The summed E-state index contributed by atoms with van der Waals surface area (Å²) in [4.78, 5) is 37.2. The maximum absolute atomic E-state index is 12.7. The number of hydrogen-bond donors (Lipinski definition) is 2. The van der Waals surface area contributed by atoms with E-state index in [2.05, 4.69) is 21.2 Å². The van der Waals surface area contributed by atoms with Crippen LogP contribution in [0, 0.1) is 0 Å². The average molecular weight is 359 g/mol. The zero-order valence-corrected chi connectivity index (χ0v) is 13.2. The summed E-state index contributed by atoms with van der Waals surface area (Å²) in [6, 6.07) is 8.03. The zero-order valence-electron chi connectivity index (χ0n) is 11.6. The van der Waals surface area contributed by atoms with Crippen LogP contribution in [0.15, 0.2) is 34.8 Å². The second kappa shape index (κ2) is 5.06. The van der Waals surface area contributed by atoms with Crippen molar-refractivity contribution in [1.29, 1.82) is 0 Å². The fourth-order valence-corrected chi connectivity index (χ4v) is 3.20. The van der Waals surface area contributed by atoms with E-state index in [1.54, 1.807) is 24.3 Å². The minimum Gasteiger partial charge on any atom is -0.397 e. The Morgan fingerprint density at radius 1 is 1.09 bits per heavy atom. The second-order valence-electron chi connectivity index (χ2n) is 4.85. The standard InChI is InChI=1S/C16H11BrN2O3/c1-19-16(22)9-6-10(17)11-12(13(9)18)15(21)8-5-3-2-4-7(8)14(11)20/h2-6H,18H2,1H3,(H,19,22). The SMILES string of the molecule is CNC(=O)c1cc(Br)c2c(c1N)C(=O)c1ccccc1C2=O. The van der Waals surface area contributed by atoms with Crippen molar-refractivity contribution < 1.29 is 14.4 Å². The van der Waals surface area contributed by atoms with E-state index < -0.39 is 5.91 Å². The summed E-state index contributed by atoms with van der Waals surface area (Å²) in [7, 11) is 1.47. The van der Waals surface area contributed by atoms with E-state index >= 15 is 0 Å². The van der Waals surface area contributed by atoms with Gasteiger partial charge >= 0.3 is 0 Å². The first-order chi connectivity index (χ1) is 10.5. The van der Waals surface area contributed by atoms with E-state index in [1.807, 2.05) is 0 Å². The van der Waals surface area contributed by atoms with Crippen molar-refractivity contribution in [2.45, 2.75) is 0 Å². The van der Waals surface area contributed by atoms with Crippen molar-refractivity contribution >= 4 is 39.1 Å². The molecule has 1 aliphatic carbocycles. The van der Waals surface area contributed by atoms with E-state index in [9.17, 15) is 14.4 Å². The molecule has 1 amide bonds. The lowest BCUT2D eigenvalue weighted by Gasteiger charge is -2.21. The first-order valence-electron chi connectivity index (χ1n) is 6.49. The number of nitrogens with two attached hydrogens (primary N) is 1. The molecule has 0 unspecified atom stereocenters. The number of ketones is 2. The Balaban J connectivity index is 2.36. The zero-order chi connectivity index (χ0) is 16.0. The topological polar surface area (TPSA) is 89.3 Å². The Morgan fingerprint density at radius 2 is 1.64 bits per heavy atom. The van der Waals surface area contributed by atoms with E-state index in [0.717, 1.165) is 0 Å². The number of benzene rings is 2. The Labute approximate surface area is 134 Å². The van der Waals surface area contributed by atoms with Crippen LogP contribution in [-0.2, 0) is 0 Å². The van der Waals surface area contributed by atoms with Crippen LogP contribution in [0.5, 0.6) is 0 Å². The third kappa shape index (κ3) is 1.88. The predicted molar refractivity (Wildman–Crippen MR) is 85.3 cm³/mol. The number of fused-ring (bicyclic) bond motifs is 2. The first-order valence-corrected chi connectivity index (χ1v) is 7.29. The summed E-state index contributed by atoms with van der Waals surface area (Å²) >= 11 is 3.28. The molecule has 5 nitrogen and oxygen atoms in total. The van der Waals surface area contributed by atoms with Crippen LogP contribution in [-0.4, -0.2) is 24.5 Å². The fraction of sp³-hybridized carbons (Fsp3) is 0.0625. The van der Waals surface area contributed by atoms with Gasteiger partial charge in [0.25, 0.3) is 5.91 Å².